The lowest BCUT2D eigenvalue weighted by molar-refractivity contribution is -0.137. The second-order valence-corrected chi connectivity index (χ2v) is 6.71. The Morgan fingerprint density at radius 2 is 1.86 bits per heavy atom. The molecule has 1 N–H and O–H groups in total. The number of alkyl halides is 3. The number of likely N-dealkylation sites (N-methyl/N-ethyl adjacent to an activating group) is 1. The summed E-state index contributed by atoms with van der Waals surface area (Å²) in [7, 11) is 0. The van der Waals surface area contributed by atoms with Crippen LogP contribution in [-0.4, -0.2) is 46.3 Å². The molecule has 1 aromatic heterocycles. The van der Waals surface area contributed by atoms with Crippen LogP contribution in [0.15, 0.2) is 35.1 Å². The van der Waals surface area contributed by atoms with Gasteiger partial charge in [0.2, 0.25) is 5.43 Å². The highest BCUT2D eigenvalue weighted by Gasteiger charge is 2.34. The molecule has 0 saturated heterocycles. The zero-order valence-electron chi connectivity index (χ0n) is 16.9. The first-order valence-corrected chi connectivity index (χ1v) is 9.39. The second-order valence-electron chi connectivity index (χ2n) is 6.71. The van der Waals surface area contributed by atoms with Gasteiger partial charge in [0, 0.05) is 24.3 Å². The van der Waals surface area contributed by atoms with E-state index >= 15 is 0 Å². The van der Waals surface area contributed by atoms with Crippen LogP contribution in [0, 0.1) is 6.92 Å². The normalized spacial score (nSPS) is 12.8. The first kappa shape index (κ1) is 22.6. The van der Waals surface area contributed by atoms with E-state index in [-0.39, 0.29) is 24.0 Å². The number of rotatable bonds is 7. The number of hydrogen-bond donors (Lipinski definition) is 1. The number of aryl methyl sites for hydroxylation is 1. The Kier molecular flexibility index (Phi) is 7.18. The molecular formula is C20H25F3N4O2. The van der Waals surface area contributed by atoms with Crippen molar-refractivity contribution in [2.24, 2.45) is 0 Å². The molecule has 1 heterocycles. The zero-order chi connectivity index (χ0) is 21.8. The number of nitrogens with one attached hydrogen (secondary N) is 1. The van der Waals surface area contributed by atoms with Crippen LogP contribution in [0.5, 0.6) is 0 Å². The lowest BCUT2D eigenvalue weighted by Crippen LogP contribution is -2.43. The summed E-state index contributed by atoms with van der Waals surface area (Å²) in [5.41, 5.74) is -2.04. The fourth-order valence-electron chi connectivity index (χ4n) is 3.15. The number of para-hydroxylation sites is 1. The Morgan fingerprint density at radius 3 is 2.45 bits per heavy atom. The molecule has 0 bridgehead atoms. The molecule has 9 heteroatoms. The third kappa shape index (κ3) is 5.23. The Balaban J connectivity index is 2.38. The maximum Gasteiger partial charge on any atom is 0.418 e. The highest BCUT2D eigenvalue weighted by atomic mass is 19.4. The van der Waals surface area contributed by atoms with Gasteiger partial charge in [0.1, 0.15) is 0 Å². The van der Waals surface area contributed by atoms with Gasteiger partial charge in [-0.15, -0.1) is 0 Å². The molecule has 1 unspecified atom stereocenters. The van der Waals surface area contributed by atoms with Crippen LogP contribution in [0.4, 0.5) is 13.2 Å². The molecule has 6 nitrogen and oxygen atoms in total. The molecule has 0 saturated carbocycles. The van der Waals surface area contributed by atoms with Crippen molar-refractivity contribution in [3.05, 3.63) is 57.5 Å². The molecule has 0 radical (unpaired) electrons. The molecule has 158 valence electrons. The van der Waals surface area contributed by atoms with E-state index in [1.807, 2.05) is 20.8 Å². The van der Waals surface area contributed by atoms with Crippen LogP contribution >= 0.6 is 0 Å². The van der Waals surface area contributed by atoms with Gasteiger partial charge in [-0.25, -0.2) is 4.68 Å². The van der Waals surface area contributed by atoms with Crippen LogP contribution in [-0.2, 0) is 6.18 Å². The van der Waals surface area contributed by atoms with E-state index in [2.05, 4.69) is 15.3 Å². The molecule has 1 aromatic carbocycles. The molecule has 0 fully saturated rings. The van der Waals surface area contributed by atoms with Crippen molar-refractivity contribution in [1.29, 1.82) is 0 Å². The van der Waals surface area contributed by atoms with Crippen LogP contribution in [0.3, 0.4) is 0 Å². The average molecular weight is 410 g/mol. The van der Waals surface area contributed by atoms with Crippen LogP contribution in [0.1, 0.15) is 42.5 Å². The summed E-state index contributed by atoms with van der Waals surface area (Å²) in [6.45, 7) is 9.29. The van der Waals surface area contributed by atoms with Crippen molar-refractivity contribution < 1.29 is 18.0 Å². The number of carbonyl (C=O) groups excluding carboxylic acids is 1. The average Bonchev–Trinajstić information content (AvgIpc) is 2.66. The summed E-state index contributed by atoms with van der Waals surface area (Å²) in [5, 5.41) is 6.61. The van der Waals surface area contributed by atoms with Gasteiger partial charge < -0.3 is 5.32 Å². The minimum atomic E-state index is -4.60. The summed E-state index contributed by atoms with van der Waals surface area (Å²) < 4.78 is 41.1. The lowest BCUT2D eigenvalue weighted by atomic mass is 10.1. The minimum Gasteiger partial charge on any atom is -0.349 e. The molecule has 0 aliphatic rings. The smallest absolute Gasteiger partial charge is 0.349 e. The fraction of sp³-hybridized carbons (Fsp3) is 0.450. The highest BCUT2D eigenvalue weighted by molar-refractivity contribution is 5.92. The highest BCUT2D eigenvalue weighted by Crippen LogP contribution is 2.33. The minimum absolute atomic E-state index is 0.0348. The first-order chi connectivity index (χ1) is 13.6. The number of carbonyl (C=O) groups is 1. The predicted octanol–water partition coefficient (Wildman–Crippen LogP) is 3.02. The van der Waals surface area contributed by atoms with Crippen molar-refractivity contribution >= 4 is 5.91 Å². The van der Waals surface area contributed by atoms with Crippen molar-refractivity contribution in [2.45, 2.75) is 39.9 Å². The maximum atomic E-state index is 13.4. The van der Waals surface area contributed by atoms with E-state index in [9.17, 15) is 22.8 Å². The fourth-order valence-corrected chi connectivity index (χ4v) is 3.15. The topological polar surface area (TPSA) is 67.2 Å². The number of hydrogen-bond acceptors (Lipinski definition) is 4. The molecule has 0 aliphatic heterocycles. The summed E-state index contributed by atoms with van der Waals surface area (Å²) in [6.07, 6.45) is -4.60. The maximum absolute atomic E-state index is 13.4. The van der Waals surface area contributed by atoms with E-state index < -0.39 is 28.8 Å². The van der Waals surface area contributed by atoms with Gasteiger partial charge in [-0.2, -0.15) is 18.3 Å². The van der Waals surface area contributed by atoms with E-state index in [1.54, 1.807) is 0 Å². The number of nitrogens with zero attached hydrogens (tertiary/aromatic N) is 3. The lowest BCUT2D eigenvalue weighted by Gasteiger charge is -2.26. The molecular weight excluding hydrogens is 385 g/mol. The number of halogens is 3. The van der Waals surface area contributed by atoms with Gasteiger partial charge in [-0.3, -0.25) is 14.5 Å². The van der Waals surface area contributed by atoms with Crippen molar-refractivity contribution in [3.8, 4) is 5.69 Å². The third-order valence-electron chi connectivity index (χ3n) is 4.75. The first-order valence-electron chi connectivity index (χ1n) is 9.39. The van der Waals surface area contributed by atoms with Crippen LogP contribution in [0.25, 0.3) is 5.69 Å². The van der Waals surface area contributed by atoms with Crippen molar-refractivity contribution in [1.82, 2.24) is 20.0 Å². The zero-order valence-corrected chi connectivity index (χ0v) is 16.9. The second kappa shape index (κ2) is 9.21. The predicted molar refractivity (Wildman–Crippen MR) is 104 cm³/mol. The van der Waals surface area contributed by atoms with Crippen molar-refractivity contribution in [3.63, 3.8) is 0 Å². The van der Waals surface area contributed by atoms with E-state index in [1.165, 1.54) is 25.1 Å². The van der Waals surface area contributed by atoms with Crippen molar-refractivity contribution in [2.75, 3.05) is 19.6 Å². The van der Waals surface area contributed by atoms with E-state index in [0.717, 1.165) is 29.9 Å². The van der Waals surface area contributed by atoms with E-state index in [0.29, 0.717) is 0 Å². The Hall–Kier alpha value is -2.68. The molecule has 0 spiro atoms. The summed E-state index contributed by atoms with van der Waals surface area (Å²) in [4.78, 5) is 26.9. The molecule has 1 amide bonds. The molecule has 29 heavy (non-hydrogen) atoms. The molecule has 2 rings (SSSR count). The number of benzene rings is 1. The summed E-state index contributed by atoms with van der Waals surface area (Å²) in [5.74, 6) is -0.716. The Labute approximate surface area is 167 Å². The SMILES string of the molecule is CCN(CC)C(C)CNC(=O)c1nn(-c2ccccc2C(F)(F)F)c(C)cc1=O. The largest absolute Gasteiger partial charge is 0.418 e. The Morgan fingerprint density at radius 1 is 1.24 bits per heavy atom. The molecule has 2 aromatic rings. The third-order valence-corrected chi connectivity index (χ3v) is 4.75. The van der Waals surface area contributed by atoms with Gasteiger partial charge in [0.05, 0.1) is 11.3 Å². The Bertz CT molecular complexity index is 921. The number of amides is 1. The van der Waals surface area contributed by atoms with E-state index in [4.69, 9.17) is 0 Å². The standard InChI is InChI=1S/C20H25F3N4O2/c1-5-26(6-2)14(4)12-24-19(29)18-17(28)11-13(3)27(25-18)16-10-8-7-9-15(16)20(21,22)23/h7-11,14H,5-6,12H2,1-4H3,(H,24,29). The molecule has 0 aliphatic carbocycles. The molecule has 1 atom stereocenters. The number of aromatic nitrogens is 2. The van der Waals surface area contributed by atoms with Gasteiger partial charge >= 0.3 is 6.18 Å². The summed E-state index contributed by atoms with van der Waals surface area (Å²) >= 11 is 0. The van der Waals surface area contributed by atoms with Gasteiger partial charge in [-0.1, -0.05) is 26.0 Å². The van der Waals surface area contributed by atoms with Crippen LogP contribution < -0.4 is 10.7 Å². The van der Waals surface area contributed by atoms with Crippen LogP contribution in [0.2, 0.25) is 0 Å². The monoisotopic (exact) mass is 410 g/mol. The van der Waals surface area contributed by atoms with Gasteiger partial charge in [-0.05, 0) is 39.1 Å². The summed E-state index contributed by atoms with van der Waals surface area (Å²) in [6, 6.07) is 6.04. The van der Waals surface area contributed by atoms with Gasteiger partial charge in [0.15, 0.2) is 5.69 Å². The van der Waals surface area contributed by atoms with Gasteiger partial charge in [0.25, 0.3) is 5.91 Å². The quantitative estimate of drug-likeness (QED) is 0.762.